The molecule has 3 aliphatic rings. The first-order valence-electron chi connectivity index (χ1n) is 13.2. The van der Waals surface area contributed by atoms with Crippen molar-refractivity contribution in [2.45, 2.75) is 62.1 Å². The van der Waals surface area contributed by atoms with E-state index >= 15 is 0 Å². The zero-order valence-electron chi connectivity index (χ0n) is 21.7. The zero-order valence-corrected chi connectivity index (χ0v) is 23.2. The third kappa shape index (κ3) is 4.65. The average molecular weight is 585 g/mol. The highest BCUT2D eigenvalue weighted by Gasteiger charge is 2.76. The summed E-state index contributed by atoms with van der Waals surface area (Å²) < 4.78 is 6.55. The Bertz CT molecular complexity index is 1220. The molecule has 3 unspecified atom stereocenters. The highest BCUT2D eigenvalue weighted by atomic mass is 79.9. The molecule has 3 amide bonds. The van der Waals surface area contributed by atoms with Gasteiger partial charge in [-0.1, -0.05) is 46.3 Å². The normalized spacial score (nSPS) is 29.4. The van der Waals surface area contributed by atoms with E-state index in [1.54, 1.807) is 17.0 Å². The Morgan fingerprint density at radius 1 is 1.08 bits per heavy atom. The van der Waals surface area contributed by atoms with Crippen LogP contribution in [0.3, 0.4) is 0 Å². The molecular weight excluding hydrogens is 550 g/mol. The number of amides is 3. The van der Waals surface area contributed by atoms with Crippen LogP contribution in [0.15, 0.2) is 48.5 Å². The van der Waals surface area contributed by atoms with Crippen molar-refractivity contribution in [3.8, 4) is 0 Å². The monoisotopic (exact) mass is 583 g/mol. The Labute approximate surface area is 231 Å². The van der Waals surface area contributed by atoms with Crippen LogP contribution in [-0.4, -0.2) is 63.5 Å². The highest BCUT2D eigenvalue weighted by molar-refractivity contribution is 9.09. The molecule has 3 heterocycles. The van der Waals surface area contributed by atoms with Gasteiger partial charge in [0, 0.05) is 29.4 Å². The number of unbranched alkanes of at least 4 members (excludes halogenated alkanes) is 2. The van der Waals surface area contributed by atoms with Crippen LogP contribution in [0, 0.1) is 25.7 Å². The van der Waals surface area contributed by atoms with E-state index in [1.165, 1.54) is 0 Å². The summed E-state index contributed by atoms with van der Waals surface area (Å²) >= 11 is 3.70. The van der Waals surface area contributed by atoms with E-state index in [4.69, 9.17) is 4.74 Å². The van der Waals surface area contributed by atoms with Gasteiger partial charge in [-0.15, -0.1) is 0 Å². The number of hydrogen-bond acceptors (Lipinski definition) is 5. The molecule has 6 atom stereocenters. The molecule has 2 aromatic rings. The number of likely N-dealkylation sites (tertiary alicyclic amines) is 1. The molecule has 0 saturated carbocycles. The first-order chi connectivity index (χ1) is 18.3. The summed E-state index contributed by atoms with van der Waals surface area (Å²) in [5.74, 6) is -2.27. The Hall–Kier alpha value is -2.75. The van der Waals surface area contributed by atoms with E-state index in [-0.39, 0.29) is 29.2 Å². The van der Waals surface area contributed by atoms with Gasteiger partial charge in [0.15, 0.2) is 0 Å². The largest absolute Gasteiger partial charge is 0.396 e. The van der Waals surface area contributed by atoms with E-state index in [9.17, 15) is 19.5 Å². The van der Waals surface area contributed by atoms with Crippen LogP contribution in [0.2, 0.25) is 0 Å². The van der Waals surface area contributed by atoms with Crippen molar-refractivity contribution in [1.82, 2.24) is 4.90 Å². The fourth-order valence-corrected chi connectivity index (χ4v) is 7.30. The molecule has 3 fully saturated rings. The average Bonchev–Trinajstić information content (AvgIpc) is 3.48. The summed E-state index contributed by atoms with van der Waals surface area (Å²) in [6.07, 6.45) is 1.94. The van der Waals surface area contributed by atoms with Gasteiger partial charge >= 0.3 is 0 Å². The minimum absolute atomic E-state index is 0.0782. The number of benzene rings is 2. The minimum atomic E-state index is -1.10. The first-order valence-corrected chi connectivity index (χ1v) is 14.2. The fourth-order valence-electron chi connectivity index (χ4n) is 6.36. The maximum absolute atomic E-state index is 14.0. The van der Waals surface area contributed by atoms with Crippen LogP contribution < -0.4 is 10.6 Å². The highest BCUT2D eigenvalue weighted by Crippen LogP contribution is 2.60. The number of anilines is 2. The van der Waals surface area contributed by atoms with Gasteiger partial charge in [-0.3, -0.25) is 14.4 Å². The van der Waals surface area contributed by atoms with Crippen LogP contribution in [0.5, 0.6) is 0 Å². The lowest BCUT2D eigenvalue weighted by molar-refractivity contribution is -0.139. The number of fused-ring (bicyclic) bond motifs is 1. The molecule has 5 rings (SSSR count). The zero-order chi connectivity index (χ0) is 27.0. The summed E-state index contributed by atoms with van der Waals surface area (Å²) in [6.45, 7) is 4.33. The lowest BCUT2D eigenvalue weighted by Crippen LogP contribution is -2.54. The van der Waals surface area contributed by atoms with E-state index in [1.807, 2.05) is 50.2 Å². The van der Waals surface area contributed by atoms with Crippen LogP contribution in [0.25, 0.3) is 0 Å². The number of carbonyl (C=O) groups excluding carboxylic acids is 3. The summed E-state index contributed by atoms with van der Waals surface area (Å²) in [4.78, 5) is 43.0. The number of nitrogens with one attached hydrogen (secondary N) is 2. The summed E-state index contributed by atoms with van der Waals surface area (Å²) in [5, 5.41) is 15.2. The van der Waals surface area contributed by atoms with Gasteiger partial charge in [-0.25, -0.2) is 0 Å². The van der Waals surface area contributed by atoms with Crippen LogP contribution in [0.1, 0.15) is 36.8 Å². The number of halogens is 1. The summed E-state index contributed by atoms with van der Waals surface area (Å²) in [6, 6.07) is 14.1. The molecule has 2 bridgehead atoms. The van der Waals surface area contributed by atoms with E-state index in [0.29, 0.717) is 37.2 Å². The number of carbonyl (C=O) groups is 3. The molecule has 2 aromatic carbocycles. The summed E-state index contributed by atoms with van der Waals surface area (Å²) in [7, 11) is 0. The number of aryl methyl sites for hydroxylation is 2. The van der Waals surface area contributed by atoms with Crippen molar-refractivity contribution in [2.24, 2.45) is 11.8 Å². The smallest absolute Gasteiger partial charge is 0.250 e. The van der Waals surface area contributed by atoms with Gasteiger partial charge in [0.25, 0.3) is 0 Å². The second-order valence-electron chi connectivity index (χ2n) is 10.6. The van der Waals surface area contributed by atoms with Crippen LogP contribution in [0.4, 0.5) is 11.4 Å². The molecule has 3 saturated heterocycles. The maximum atomic E-state index is 14.0. The molecular formula is C29H34BrN3O5. The van der Waals surface area contributed by atoms with Crippen molar-refractivity contribution >= 4 is 45.0 Å². The number of aliphatic hydroxyl groups excluding tert-OH is 1. The van der Waals surface area contributed by atoms with Gasteiger partial charge in [0.05, 0.1) is 17.9 Å². The Morgan fingerprint density at radius 2 is 1.84 bits per heavy atom. The van der Waals surface area contributed by atoms with E-state index in [0.717, 1.165) is 17.5 Å². The van der Waals surface area contributed by atoms with Gasteiger partial charge in [-0.05, 0) is 68.9 Å². The second kappa shape index (κ2) is 10.8. The first kappa shape index (κ1) is 26.8. The SMILES string of the molecule is Cc1ccc(C)c(NC(=O)C2N(CCCCCO)C(=O)[C@@H]3[C@@H](C(=O)Nc4ccccc4)[C@@H]4OC23CC4Br)c1. The molecule has 202 valence electrons. The minimum Gasteiger partial charge on any atom is -0.396 e. The van der Waals surface area contributed by atoms with Crippen LogP contribution >= 0.6 is 15.9 Å². The van der Waals surface area contributed by atoms with Crippen molar-refractivity contribution in [3.63, 3.8) is 0 Å². The molecule has 8 nitrogen and oxygen atoms in total. The number of hydrogen-bond donors (Lipinski definition) is 3. The third-order valence-corrected chi connectivity index (χ3v) is 8.93. The van der Waals surface area contributed by atoms with E-state index < -0.39 is 29.6 Å². The maximum Gasteiger partial charge on any atom is 0.250 e. The molecule has 3 aliphatic heterocycles. The third-order valence-electron chi connectivity index (χ3n) is 8.09. The molecule has 38 heavy (non-hydrogen) atoms. The van der Waals surface area contributed by atoms with Gasteiger partial charge in [0.1, 0.15) is 11.6 Å². The molecule has 9 heteroatoms. The topological polar surface area (TPSA) is 108 Å². The van der Waals surface area contributed by atoms with Gasteiger partial charge in [-0.2, -0.15) is 0 Å². The molecule has 3 N–H and O–H groups in total. The van der Waals surface area contributed by atoms with Crippen molar-refractivity contribution in [3.05, 3.63) is 59.7 Å². The Morgan fingerprint density at radius 3 is 2.58 bits per heavy atom. The van der Waals surface area contributed by atoms with Gasteiger partial charge in [0.2, 0.25) is 17.7 Å². The second-order valence-corrected chi connectivity index (χ2v) is 11.8. The predicted molar refractivity (Wildman–Crippen MR) is 148 cm³/mol. The fraction of sp³-hybridized carbons (Fsp3) is 0.483. The lowest BCUT2D eigenvalue weighted by atomic mass is 9.70. The molecule has 0 aromatic heterocycles. The summed E-state index contributed by atoms with van der Waals surface area (Å²) in [5.41, 5.74) is 2.18. The Kier molecular flexibility index (Phi) is 7.62. The molecule has 0 radical (unpaired) electrons. The molecule has 0 aliphatic carbocycles. The van der Waals surface area contributed by atoms with E-state index in [2.05, 4.69) is 26.6 Å². The quantitative estimate of drug-likeness (QED) is 0.307. The van der Waals surface area contributed by atoms with Crippen LogP contribution in [-0.2, 0) is 19.1 Å². The number of alkyl halides is 1. The predicted octanol–water partition coefficient (Wildman–Crippen LogP) is 3.79. The number of nitrogens with zero attached hydrogens (tertiary/aromatic N) is 1. The standard InChI is InChI=1S/C29H34BrN3O5/c1-17-11-12-18(2)21(15-17)32-27(36)25-29-16-20(30)24(38-29)22(26(35)31-19-9-5-3-6-10-19)23(29)28(37)33(25)13-7-4-8-14-34/h3,5-6,9-12,15,20,22-25,34H,4,7-8,13-14,16H2,1-2H3,(H,31,35)(H,32,36)/t20?,22-,23+,24-,25?,29?/m1/s1. The number of para-hydroxylation sites is 1. The van der Waals surface area contributed by atoms with Crippen molar-refractivity contribution in [1.29, 1.82) is 0 Å². The van der Waals surface area contributed by atoms with Crippen molar-refractivity contribution < 1.29 is 24.2 Å². The number of rotatable bonds is 9. The van der Waals surface area contributed by atoms with Crippen molar-refractivity contribution in [2.75, 3.05) is 23.8 Å². The number of aliphatic hydroxyl groups is 1. The number of ether oxygens (including phenoxy) is 1. The van der Waals surface area contributed by atoms with Gasteiger partial charge < -0.3 is 25.4 Å². The Balaban J connectivity index is 1.48. The lowest BCUT2D eigenvalue weighted by Gasteiger charge is -2.34. The molecule has 1 spiro atoms.